The van der Waals surface area contributed by atoms with Crippen molar-refractivity contribution in [2.45, 2.75) is 39.7 Å². The SMILES string of the molecule is CC(C)(C)CCNC(=O)N[C@H](Cc1ccccc1)C(=O)O. The van der Waals surface area contributed by atoms with Crippen LogP contribution in [0, 0.1) is 5.41 Å². The van der Waals surface area contributed by atoms with Crippen LogP contribution in [0.3, 0.4) is 0 Å². The van der Waals surface area contributed by atoms with Crippen LogP contribution in [0.4, 0.5) is 4.79 Å². The number of rotatable bonds is 6. The number of carbonyl (C=O) groups is 2. The van der Waals surface area contributed by atoms with Gasteiger partial charge in [0.25, 0.3) is 0 Å². The zero-order chi connectivity index (χ0) is 15.9. The fraction of sp³-hybridized carbons (Fsp3) is 0.500. The fourth-order valence-electron chi connectivity index (χ4n) is 1.81. The van der Waals surface area contributed by atoms with Gasteiger partial charge in [0.2, 0.25) is 0 Å². The summed E-state index contributed by atoms with van der Waals surface area (Å²) in [6, 6.07) is 7.87. The number of benzene rings is 1. The average Bonchev–Trinajstić information content (AvgIpc) is 2.37. The smallest absolute Gasteiger partial charge is 0.326 e. The van der Waals surface area contributed by atoms with Crippen molar-refractivity contribution in [1.82, 2.24) is 10.6 Å². The summed E-state index contributed by atoms with van der Waals surface area (Å²) in [4.78, 5) is 23.0. The van der Waals surface area contributed by atoms with E-state index in [2.05, 4.69) is 31.4 Å². The van der Waals surface area contributed by atoms with Crippen LogP contribution in [0.15, 0.2) is 30.3 Å². The van der Waals surface area contributed by atoms with Crippen molar-refractivity contribution in [3.63, 3.8) is 0 Å². The molecular formula is C16H24N2O3. The van der Waals surface area contributed by atoms with Crippen LogP contribution in [0.1, 0.15) is 32.8 Å². The quantitative estimate of drug-likeness (QED) is 0.753. The second-order valence-electron chi connectivity index (χ2n) is 6.29. The third kappa shape index (κ3) is 7.34. The Morgan fingerprint density at radius 2 is 1.81 bits per heavy atom. The first kappa shape index (κ1) is 17.0. The molecule has 0 saturated heterocycles. The Balaban J connectivity index is 2.47. The van der Waals surface area contributed by atoms with Crippen molar-refractivity contribution in [3.8, 4) is 0 Å². The normalized spacial score (nSPS) is 12.5. The van der Waals surface area contributed by atoms with E-state index in [-0.39, 0.29) is 11.8 Å². The molecule has 3 N–H and O–H groups in total. The molecule has 1 aromatic carbocycles. The second kappa shape index (κ2) is 7.67. The molecule has 0 spiro atoms. The van der Waals surface area contributed by atoms with Crippen molar-refractivity contribution < 1.29 is 14.7 Å². The van der Waals surface area contributed by atoms with Crippen LogP contribution in [-0.2, 0) is 11.2 Å². The van der Waals surface area contributed by atoms with E-state index in [0.717, 1.165) is 12.0 Å². The monoisotopic (exact) mass is 292 g/mol. The van der Waals surface area contributed by atoms with Gasteiger partial charge >= 0.3 is 12.0 Å². The minimum atomic E-state index is -1.04. The van der Waals surface area contributed by atoms with Gasteiger partial charge in [-0.05, 0) is 17.4 Å². The third-order valence-electron chi connectivity index (χ3n) is 3.05. The molecule has 0 fully saturated rings. The molecule has 0 aliphatic carbocycles. The molecule has 2 amide bonds. The zero-order valence-corrected chi connectivity index (χ0v) is 12.8. The maximum atomic E-state index is 11.7. The molecule has 116 valence electrons. The predicted octanol–water partition coefficient (Wildman–Crippen LogP) is 2.42. The Labute approximate surface area is 125 Å². The van der Waals surface area contributed by atoms with Gasteiger partial charge in [-0.3, -0.25) is 0 Å². The highest BCUT2D eigenvalue weighted by atomic mass is 16.4. The summed E-state index contributed by atoms with van der Waals surface area (Å²) in [7, 11) is 0. The summed E-state index contributed by atoms with van der Waals surface area (Å²) >= 11 is 0. The van der Waals surface area contributed by atoms with Crippen LogP contribution >= 0.6 is 0 Å². The van der Waals surface area contributed by atoms with E-state index in [4.69, 9.17) is 0 Å². The van der Waals surface area contributed by atoms with Crippen molar-refractivity contribution >= 4 is 12.0 Å². The first-order chi connectivity index (χ1) is 9.78. The van der Waals surface area contributed by atoms with Crippen molar-refractivity contribution in [2.24, 2.45) is 5.41 Å². The molecule has 0 aromatic heterocycles. The minimum absolute atomic E-state index is 0.128. The molecule has 21 heavy (non-hydrogen) atoms. The summed E-state index contributed by atoms with van der Waals surface area (Å²) in [5.74, 6) is -1.04. The molecule has 0 bridgehead atoms. The lowest BCUT2D eigenvalue weighted by molar-refractivity contribution is -0.139. The molecule has 0 saturated carbocycles. The number of aliphatic carboxylic acids is 1. The third-order valence-corrected chi connectivity index (χ3v) is 3.05. The van der Waals surface area contributed by atoms with E-state index in [0.29, 0.717) is 6.54 Å². The number of hydrogen-bond acceptors (Lipinski definition) is 2. The predicted molar refractivity (Wildman–Crippen MR) is 82.2 cm³/mol. The average molecular weight is 292 g/mol. The number of carboxylic acids is 1. The zero-order valence-electron chi connectivity index (χ0n) is 12.8. The molecule has 0 aliphatic rings. The Morgan fingerprint density at radius 3 is 2.33 bits per heavy atom. The molecule has 1 aromatic rings. The van der Waals surface area contributed by atoms with Crippen LogP contribution < -0.4 is 10.6 Å². The fourth-order valence-corrected chi connectivity index (χ4v) is 1.81. The van der Waals surface area contributed by atoms with Crippen molar-refractivity contribution in [2.75, 3.05) is 6.54 Å². The molecule has 0 aliphatic heterocycles. The summed E-state index contributed by atoms with van der Waals surface area (Å²) in [5.41, 5.74) is 1.00. The van der Waals surface area contributed by atoms with Gasteiger partial charge in [-0.15, -0.1) is 0 Å². The molecule has 1 atom stereocenters. The van der Waals surface area contributed by atoms with Crippen LogP contribution in [0.5, 0.6) is 0 Å². The lowest BCUT2D eigenvalue weighted by atomic mass is 9.92. The van der Waals surface area contributed by atoms with Gasteiger partial charge < -0.3 is 15.7 Å². The van der Waals surface area contributed by atoms with Gasteiger partial charge in [0, 0.05) is 13.0 Å². The van der Waals surface area contributed by atoms with Crippen LogP contribution in [0.2, 0.25) is 0 Å². The Hall–Kier alpha value is -2.04. The molecule has 0 unspecified atom stereocenters. The van der Waals surface area contributed by atoms with Gasteiger partial charge in [-0.2, -0.15) is 0 Å². The van der Waals surface area contributed by atoms with Crippen molar-refractivity contribution in [1.29, 1.82) is 0 Å². The lowest BCUT2D eigenvalue weighted by Gasteiger charge is -2.19. The highest BCUT2D eigenvalue weighted by molar-refractivity contribution is 5.82. The van der Waals surface area contributed by atoms with E-state index in [1.165, 1.54) is 0 Å². The summed E-state index contributed by atoms with van der Waals surface area (Å²) in [5, 5.41) is 14.4. The molecule has 0 radical (unpaired) electrons. The van der Waals surface area contributed by atoms with Gasteiger partial charge in [0.1, 0.15) is 6.04 Å². The number of nitrogens with one attached hydrogen (secondary N) is 2. The van der Waals surface area contributed by atoms with E-state index < -0.39 is 18.0 Å². The van der Waals surface area contributed by atoms with E-state index in [1.807, 2.05) is 30.3 Å². The van der Waals surface area contributed by atoms with E-state index in [1.54, 1.807) is 0 Å². The first-order valence-corrected chi connectivity index (χ1v) is 7.09. The van der Waals surface area contributed by atoms with Gasteiger partial charge in [-0.25, -0.2) is 9.59 Å². The van der Waals surface area contributed by atoms with Gasteiger partial charge in [-0.1, -0.05) is 51.1 Å². The Kier molecular flexibility index (Phi) is 6.21. The number of urea groups is 1. The highest BCUT2D eigenvalue weighted by Gasteiger charge is 2.20. The highest BCUT2D eigenvalue weighted by Crippen LogP contribution is 2.16. The minimum Gasteiger partial charge on any atom is -0.480 e. The lowest BCUT2D eigenvalue weighted by Crippen LogP contribution is -2.47. The summed E-state index contributed by atoms with van der Waals surface area (Å²) in [6.45, 7) is 6.78. The maximum absolute atomic E-state index is 11.7. The number of carboxylic acid groups (broad SMARTS) is 1. The number of hydrogen-bond donors (Lipinski definition) is 3. The molecule has 1 rings (SSSR count). The van der Waals surface area contributed by atoms with Gasteiger partial charge in [0.05, 0.1) is 0 Å². The summed E-state index contributed by atoms with van der Waals surface area (Å²) < 4.78 is 0. The Bertz CT molecular complexity index is 466. The molecular weight excluding hydrogens is 268 g/mol. The summed E-state index contributed by atoms with van der Waals surface area (Å²) in [6.07, 6.45) is 1.10. The molecule has 0 heterocycles. The van der Waals surface area contributed by atoms with Gasteiger partial charge in [0.15, 0.2) is 0 Å². The Morgan fingerprint density at radius 1 is 1.19 bits per heavy atom. The molecule has 5 nitrogen and oxygen atoms in total. The number of carbonyl (C=O) groups excluding carboxylic acids is 1. The number of amides is 2. The molecule has 5 heteroatoms. The topological polar surface area (TPSA) is 78.4 Å². The largest absolute Gasteiger partial charge is 0.480 e. The first-order valence-electron chi connectivity index (χ1n) is 7.09. The maximum Gasteiger partial charge on any atom is 0.326 e. The van der Waals surface area contributed by atoms with E-state index >= 15 is 0 Å². The van der Waals surface area contributed by atoms with Crippen molar-refractivity contribution in [3.05, 3.63) is 35.9 Å². The van der Waals surface area contributed by atoms with Crippen LogP contribution in [-0.4, -0.2) is 29.7 Å². The standard InChI is InChI=1S/C16H24N2O3/c1-16(2,3)9-10-17-15(21)18-13(14(19)20)11-12-7-5-4-6-8-12/h4-8,13H,9-11H2,1-3H3,(H,19,20)(H2,17,18,21)/t13-/m1/s1. The van der Waals surface area contributed by atoms with E-state index in [9.17, 15) is 14.7 Å². The second-order valence-corrected chi connectivity index (χ2v) is 6.29. The van der Waals surface area contributed by atoms with Crippen LogP contribution in [0.25, 0.3) is 0 Å².